The van der Waals surface area contributed by atoms with Crippen LogP contribution in [0.15, 0.2) is 24.3 Å². The summed E-state index contributed by atoms with van der Waals surface area (Å²) in [4.78, 5) is 25.6. The van der Waals surface area contributed by atoms with Gasteiger partial charge in [0.25, 0.3) is 0 Å². The smallest absolute Gasteiger partial charge is 0.229 e. The Bertz CT molecular complexity index is 615. The number of anilines is 1. The highest BCUT2D eigenvalue weighted by molar-refractivity contribution is 6.53. The van der Waals surface area contributed by atoms with Crippen molar-refractivity contribution >= 4 is 40.7 Å². The normalized spacial score (nSPS) is 26.1. The molecule has 1 heterocycles. The van der Waals surface area contributed by atoms with Crippen molar-refractivity contribution < 1.29 is 9.59 Å². The standard InChI is InChI=1S/C16H18Cl2N2O2/c1-15(10-16(15,17)18)14(22)19-9-11-4-6-12(7-5-11)20-8-2-3-13(20)21/h4-7H,2-3,8-10H2,1H3,(H,19,22). The highest BCUT2D eigenvalue weighted by Gasteiger charge is 2.67. The minimum atomic E-state index is -0.947. The summed E-state index contributed by atoms with van der Waals surface area (Å²) in [5.74, 6) is 0.0413. The molecule has 1 atom stereocenters. The average molecular weight is 341 g/mol. The highest BCUT2D eigenvalue weighted by atomic mass is 35.5. The fourth-order valence-corrected chi connectivity index (χ4v) is 3.44. The number of carbonyl (C=O) groups is 2. The number of hydrogen-bond acceptors (Lipinski definition) is 2. The van der Waals surface area contributed by atoms with Crippen LogP contribution in [0.2, 0.25) is 0 Å². The van der Waals surface area contributed by atoms with Crippen LogP contribution in [0, 0.1) is 5.41 Å². The van der Waals surface area contributed by atoms with Crippen LogP contribution in [0.25, 0.3) is 0 Å². The van der Waals surface area contributed by atoms with Crippen LogP contribution in [0.4, 0.5) is 5.69 Å². The van der Waals surface area contributed by atoms with Crippen LogP contribution >= 0.6 is 23.2 Å². The van der Waals surface area contributed by atoms with Gasteiger partial charge < -0.3 is 10.2 Å². The van der Waals surface area contributed by atoms with E-state index in [9.17, 15) is 9.59 Å². The molecule has 1 saturated heterocycles. The molecule has 0 aromatic heterocycles. The summed E-state index contributed by atoms with van der Waals surface area (Å²) in [5, 5.41) is 2.87. The Hall–Kier alpha value is -1.26. The van der Waals surface area contributed by atoms with Crippen molar-refractivity contribution in [3.63, 3.8) is 0 Å². The third kappa shape index (κ3) is 2.70. The van der Waals surface area contributed by atoms with E-state index in [1.54, 1.807) is 11.8 Å². The summed E-state index contributed by atoms with van der Waals surface area (Å²) < 4.78 is -0.947. The van der Waals surface area contributed by atoms with Gasteiger partial charge in [0.2, 0.25) is 11.8 Å². The maximum atomic E-state index is 12.1. The number of halogens is 2. The van der Waals surface area contributed by atoms with Gasteiger partial charge in [0.15, 0.2) is 0 Å². The Morgan fingerprint density at radius 1 is 1.32 bits per heavy atom. The number of rotatable bonds is 4. The summed E-state index contributed by atoms with van der Waals surface area (Å²) in [6.07, 6.45) is 2.01. The Morgan fingerprint density at radius 3 is 2.45 bits per heavy atom. The summed E-state index contributed by atoms with van der Waals surface area (Å²) in [5.41, 5.74) is 1.19. The van der Waals surface area contributed by atoms with Crippen LogP contribution in [0.3, 0.4) is 0 Å². The molecular formula is C16H18Cl2N2O2. The molecule has 1 saturated carbocycles. The topological polar surface area (TPSA) is 49.4 Å². The van der Waals surface area contributed by atoms with Crippen LogP contribution in [0.5, 0.6) is 0 Å². The number of alkyl halides is 2. The monoisotopic (exact) mass is 340 g/mol. The zero-order valence-electron chi connectivity index (χ0n) is 12.4. The first-order valence-electron chi connectivity index (χ1n) is 7.39. The first-order valence-corrected chi connectivity index (χ1v) is 8.14. The van der Waals surface area contributed by atoms with Crippen molar-refractivity contribution in [2.45, 2.75) is 37.1 Å². The second-order valence-electron chi connectivity index (χ2n) is 6.21. The van der Waals surface area contributed by atoms with Gasteiger partial charge in [-0.3, -0.25) is 9.59 Å². The summed E-state index contributed by atoms with van der Waals surface area (Å²) in [7, 11) is 0. The van der Waals surface area contributed by atoms with Crippen LogP contribution in [-0.4, -0.2) is 22.7 Å². The van der Waals surface area contributed by atoms with E-state index in [1.807, 2.05) is 24.3 Å². The van der Waals surface area contributed by atoms with E-state index in [2.05, 4.69) is 5.32 Å². The lowest BCUT2D eigenvalue weighted by atomic mass is 10.1. The molecule has 2 amide bonds. The number of amides is 2. The molecule has 3 rings (SSSR count). The van der Waals surface area contributed by atoms with Gasteiger partial charge in [-0.2, -0.15) is 0 Å². The maximum Gasteiger partial charge on any atom is 0.229 e. The quantitative estimate of drug-likeness (QED) is 0.856. The van der Waals surface area contributed by atoms with Gasteiger partial charge in [0.1, 0.15) is 4.33 Å². The van der Waals surface area contributed by atoms with Gasteiger partial charge in [-0.1, -0.05) is 12.1 Å². The van der Waals surface area contributed by atoms with E-state index < -0.39 is 9.75 Å². The van der Waals surface area contributed by atoms with E-state index in [-0.39, 0.29) is 11.8 Å². The Balaban J connectivity index is 1.58. The van der Waals surface area contributed by atoms with Gasteiger partial charge in [-0.25, -0.2) is 0 Å². The van der Waals surface area contributed by atoms with Crippen molar-refractivity contribution in [1.29, 1.82) is 0 Å². The van der Waals surface area contributed by atoms with Crippen molar-refractivity contribution in [3.05, 3.63) is 29.8 Å². The second kappa shape index (κ2) is 5.43. The molecule has 2 aliphatic rings. The molecule has 1 N–H and O–H groups in total. The zero-order valence-corrected chi connectivity index (χ0v) is 13.9. The molecule has 0 radical (unpaired) electrons. The van der Waals surface area contributed by atoms with Gasteiger partial charge in [-0.05, 0) is 37.5 Å². The molecule has 2 fully saturated rings. The van der Waals surface area contributed by atoms with E-state index in [0.29, 0.717) is 19.4 Å². The molecule has 118 valence electrons. The number of hydrogen-bond donors (Lipinski definition) is 1. The van der Waals surface area contributed by atoms with Gasteiger partial charge >= 0.3 is 0 Å². The molecule has 22 heavy (non-hydrogen) atoms. The lowest BCUT2D eigenvalue weighted by Gasteiger charge is -2.16. The van der Waals surface area contributed by atoms with Gasteiger partial charge in [0, 0.05) is 25.2 Å². The summed E-state index contributed by atoms with van der Waals surface area (Å²) in [6, 6.07) is 7.67. The largest absolute Gasteiger partial charge is 0.351 e. The summed E-state index contributed by atoms with van der Waals surface area (Å²) in [6.45, 7) is 2.97. The highest BCUT2D eigenvalue weighted by Crippen LogP contribution is 2.63. The SMILES string of the molecule is CC1(C(=O)NCc2ccc(N3CCCC3=O)cc2)CC1(Cl)Cl. The molecule has 0 bridgehead atoms. The zero-order chi connectivity index (χ0) is 16.0. The molecule has 1 unspecified atom stereocenters. The number of nitrogens with zero attached hydrogens (tertiary/aromatic N) is 1. The van der Waals surface area contributed by atoms with Crippen LogP contribution < -0.4 is 10.2 Å². The molecule has 1 aliphatic carbocycles. The predicted octanol–water partition coefficient (Wildman–Crippen LogP) is 3.01. The third-order valence-corrected chi connectivity index (χ3v) is 5.63. The van der Waals surface area contributed by atoms with Crippen LogP contribution in [0.1, 0.15) is 31.7 Å². The Morgan fingerprint density at radius 2 is 1.95 bits per heavy atom. The fraction of sp³-hybridized carbons (Fsp3) is 0.500. The molecule has 1 aromatic rings. The molecule has 1 aromatic carbocycles. The second-order valence-corrected chi connectivity index (χ2v) is 7.70. The minimum absolute atomic E-state index is 0.128. The van der Waals surface area contributed by atoms with Crippen molar-refractivity contribution in [2.24, 2.45) is 5.41 Å². The molecule has 0 spiro atoms. The lowest BCUT2D eigenvalue weighted by molar-refractivity contribution is -0.126. The minimum Gasteiger partial charge on any atom is -0.351 e. The number of nitrogens with one attached hydrogen (secondary N) is 1. The van der Waals surface area contributed by atoms with Crippen LogP contribution in [-0.2, 0) is 16.1 Å². The lowest BCUT2D eigenvalue weighted by Crippen LogP contribution is -2.32. The van der Waals surface area contributed by atoms with Crippen molar-refractivity contribution in [2.75, 3.05) is 11.4 Å². The molecular weight excluding hydrogens is 323 g/mol. The number of benzene rings is 1. The van der Waals surface area contributed by atoms with Crippen molar-refractivity contribution in [1.82, 2.24) is 5.32 Å². The van der Waals surface area contributed by atoms with E-state index in [4.69, 9.17) is 23.2 Å². The average Bonchev–Trinajstić information content (AvgIpc) is 2.82. The maximum absolute atomic E-state index is 12.1. The Labute approximate surface area is 139 Å². The van der Waals surface area contributed by atoms with Gasteiger partial charge in [-0.15, -0.1) is 23.2 Å². The third-order valence-electron chi connectivity index (χ3n) is 4.53. The van der Waals surface area contributed by atoms with Crippen molar-refractivity contribution in [3.8, 4) is 0 Å². The molecule has 4 nitrogen and oxygen atoms in total. The van der Waals surface area contributed by atoms with Gasteiger partial charge in [0.05, 0.1) is 5.41 Å². The van der Waals surface area contributed by atoms with E-state index >= 15 is 0 Å². The number of carbonyl (C=O) groups excluding carboxylic acids is 2. The first-order chi connectivity index (χ1) is 10.3. The molecule has 1 aliphatic heterocycles. The molecule has 6 heteroatoms. The first kappa shape index (κ1) is 15.6. The van der Waals surface area contributed by atoms with E-state index in [1.165, 1.54) is 0 Å². The van der Waals surface area contributed by atoms with E-state index in [0.717, 1.165) is 24.2 Å². The summed E-state index contributed by atoms with van der Waals surface area (Å²) >= 11 is 12.0. The Kier molecular flexibility index (Phi) is 3.86. The fourth-order valence-electron chi connectivity index (χ4n) is 2.74. The predicted molar refractivity (Wildman–Crippen MR) is 87.0 cm³/mol.